The van der Waals surface area contributed by atoms with E-state index in [4.69, 9.17) is 9.47 Å². The van der Waals surface area contributed by atoms with Crippen molar-refractivity contribution in [2.75, 3.05) is 31.2 Å². The highest BCUT2D eigenvalue weighted by molar-refractivity contribution is 9.10. The Hall–Kier alpha value is -2.44. The van der Waals surface area contributed by atoms with E-state index in [1.807, 2.05) is 36.4 Å². The molecule has 4 rings (SSSR count). The first-order valence-electron chi connectivity index (χ1n) is 8.40. The van der Waals surface area contributed by atoms with Crippen LogP contribution in [-0.2, 0) is 14.3 Å². The molecule has 26 heavy (non-hydrogen) atoms. The van der Waals surface area contributed by atoms with Crippen LogP contribution in [-0.4, -0.2) is 38.2 Å². The fourth-order valence-corrected chi connectivity index (χ4v) is 3.31. The van der Waals surface area contributed by atoms with Gasteiger partial charge in [0.25, 0.3) is 0 Å². The van der Waals surface area contributed by atoms with Crippen molar-refractivity contribution in [3.63, 3.8) is 0 Å². The minimum absolute atomic E-state index is 0.305. The Balaban J connectivity index is 1.54. The van der Waals surface area contributed by atoms with Crippen molar-refractivity contribution in [1.82, 2.24) is 0 Å². The van der Waals surface area contributed by atoms with Crippen LogP contribution in [0, 0.1) is 0 Å². The normalized spacial score (nSPS) is 18.8. The molecule has 0 aromatic heterocycles. The zero-order valence-corrected chi connectivity index (χ0v) is 15.6. The molecule has 1 saturated heterocycles. The van der Waals surface area contributed by atoms with Crippen molar-refractivity contribution in [2.45, 2.75) is 0 Å². The van der Waals surface area contributed by atoms with Crippen LogP contribution >= 0.6 is 15.9 Å². The van der Waals surface area contributed by atoms with E-state index in [1.54, 1.807) is 6.08 Å². The second-order valence-electron chi connectivity index (χ2n) is 6.04. The highest BCUT2D eigenvalue weighted by Crippen LogP contribution is 2.22. The molecule has 2 aromatic rings. The van der Waals surface area contributed by atoms with Gasteiger partial charge in [0.1, 0.15) is 0 Å². The summed E-state index contributed by atoms with van der Waals surface area (Å²) in [5, 5.41) is 0. The number of carbonyl (C=O) groups is 1. The quantitative estimate of drug-likeness (QED) is 0.570. The second kappa shape index (κ2) is 7.43. The summed E-state index contributed by atoms with van der Waals surface area (Å²) in [4.78, 5) is 18.8. The van der Waals surface area contributed by atoms with E-state index in [-0.39, 0.29) is 0 Å². The van der Waals surface area contributed by atoms with E-state index in [0.29, 0.717) is 11.6 Å². The fourth-order valence-electron chi connectivity index (χ4n) is 2.91. The second-order valence-corrected chi connectivity index (χ2v) is 6.95. The molecule has 0 unspecified atom stereocenters. The van der Waals surface area contributed by atoms with Crippen LogP contribution in [0.5, 0.6) is 0 Å². The number of benzene rings is 2. The minimum atomic E-state index is -0.433. The summed E-state index contributed by atoms with van der Waals surface area (Å²) in [6, 6.07) is 15.6. The van der Waals surface area contributed by atoms with Crippen LogP contribution in [0.3, 0.4) is 0 Å². The lowest BCUT2D eigenvalue weighted by Crippen LogP contribution is -2.36. The van der Waals surface area contributed by atoms with E-state index in [2.05, 4.69) is 38.0 Å². The largest absolute Gasteiger partial charge is 0.402 e. The number of morpholine rings is 1. The summed E-state index contributed by atoms with van der Waals surface area (Å²) >= 11 is 3.41. The molecule has 0 amide bonds. The van der Waals surface area contributed by atoms with Crippen molar-refractivity contribution in [3.8, 4) is 0 Å². The Morgan fingerprint density at radius 3 is 2.58 bits per heavy atom. The van der Waals surface area contributed by atoms with Crippen LogP contribution in [0.1, 0.15) is 11.1 Å². The number of cyclic esters (lactones) is 1. The summed E-state index contributed by atoms with van der Waals surface area (Å²) in [7, 11) is 0. The summed E-state index contributed by atoms with van der Waals surface area (Å²) in [6.45, 7) is 3.30. The Morgan fingerprint density at radius 2 is 1.85 bits per heavy atom. The molecule has 0 spiro atoms. The Morgan fingerprint density at radius 1 is 1.08 bits per heavy atom. The maximum atomic E-state index is 12.1. The van der Waals surface area contributed by atoms with Crippen LogP contribution < -0.4 is 4.90 Å². The fraction of sp³-hybridized carbons (Fsp3) is 0.200. The molecular formula is C20H17BrN2O3. The first-order chi connectivity index (χ1) is 12.7. The van der Waals surface area contributed by atoms with E-state index < -0.39 is 5.97 Å². The van der Waals surface area contributed by atoms with Crippen molar-refractivity contribution in [1.29, 1.82) is 0 Å². The van der Waals surface area contributed by atoms with E-state index in [9.17, 15) is 4.79 Å². The molecule has 132 valence electrons. The molecule has 0 bridgehead atoms. The number of aliphatic imine (C=N–C) groups is 1. The first-order valence-corrected chi connectivity index (χ1v) is 9.20. The number of anilines is 1. The summed E-state index contributed by atoms with van der Waals surface area (Å²) in [5.41, 5.74) is 3.13. The third-order valence-electron chi connectivity index (χ3n) is 4.26. The monoisotopic (exact) mass is 412 g/mol. The predicted octanol–water partition coefficient (Wildman–Crippen LogP) is 3.63. The van der Waals surface area contributed by atoms with E-state index in [0.717, 1.165) is 47.6 Å². The number of rotatable bonds is 3. The van der Waals surface area contributed by atoms with Crippen LogP contribution in [0.2, 0.25) is 0 Å². The van der Waals surface area contributed by atoms with Gasteiger partial charge in [0.2, 0.25) is 5.90 Å². The zero-order valence-electron chi connectivity index (χ0n) is 14.0. The standard InChI is InChI=1S/C20H17BrN2O3/c21-16-3-1-2-15(13-16)19-22-18(20(24)26-19)12-14-4-6-17(7-5-14)23-8-10-25-11-9-23/h1-7,12-13H,8-11H2. The average molecular weight is 413 g/mol. The maximum Gasteiger partial charge on any atom is 0.363 e. The third-order valence-corrected chi connectivity index (χ3v) is 4.76. The van der Waals surface area contributed by atoms with E-state index >= 15 is 0 Å². The summed E-state index contributed by atoms with van der Waals surface area (Å²) in [5.74, 6) is -0.107. The Kier molecular flexibility index (Phi) is 4.86. The van der Waals surface area contributed by atoms with Crippen molar-refractivity contribution in [2.24, 2.45) is 4.99 Å². The number of nitrogens with zero attached hydrogens (tertiary/aromatic N) is 2. The van der Waals surface area contributed by atoms with Gasteiger partial charge in [0.05, 0.1) is 13.2 Å². The van der Waals surface area contributed by atoms with Gasteiger partial charge >= 0.3 is 5.97 Å². The lowest BCUT2D eigenvalue weighted by atomic mass is 10.1. The molecule has 2 aliphatic heterocycles. The van der Waals surface area contributed by atoms with Crippen LogP contribution in [0.4, 0.5) is 5.69 Å². The van der Waals surface area contributed by atoms with Gasteiger partial charge in [-0.05, 0) is 42.0 Å². The molecule has 6 heteroatoms. The van der Waals surface area contributed by atoms with Gasteiger partial charge in [-0.1, -0.05) is 34.1 Å². The number of ether oxygens (including phenoxy) is 2. The highest BCUT2D eigenvalue weighted by Gasteiger charge is 2.24. The smallest absolute Gasteiger partial charge is 0.363 e. The number of esters is 1. The van der Waals surface area contributed by atoms with Gasteiger partial charge in [0.15, 0.2) is 5.70 Å². The number of halogens is 1. The third kappa shape index (κ3) is 3.71. The topological polar surface area (TPSA) is 51.1 Å². The molecule has 2 aliphatic rings. The molecule has 0 N–H and O–H groups in total. The van der Waals surface area contributed by atoms with Gasteiger partial charge in [-0.25, -0.2) is 9.79 Å². The summed E-state index contributed by atoms with van der Waals surface area (Å²) in [6.07, 6.45) is 1.75. The molecule has 5 nitrogen and oxygen atoms in total. The highest BCUT2D eigenvalue weighted by atomic mass is 79.9. The number of hydrogen-bond acceptors (Lipinski definition) is 5. The minimum Gasteiger partial charge on any atom is -0.402 e. The Bertz CT molecular complexity index is 884. The van der Waals surface area contributed by atoms with Gasteiger partial charge in [-0.2, -0.15) is 0 Å². The van der Waals surface area contributed by atoms with E-state index in [1.165, 1.54) is 0 Å². The predicted molar refractivity (Wildman–Crippen MR) is 104 cm³/mol. The molecule has 2 aromatic carbocycles. The molecule has 0 radical (unpaired) electrons. The molecule has 1 fully saturated rings. The maximum absolute atomic E-state index is 12.1. The molecular weight excluding hydrogens is 396 g/mol. The lowest BCUT2D eigenvalue weighted by Gasteiger charge is -2.28. The zero-order chi connectivity index (χ0) is 17.9. The average Bonchev–Trinajstić information content (AvgIpc) is 3.04. The summed E-state index contributed by atoms with van der Waals surface area (Å²) < 4.78 is 11.6. The van der Waals surface area contributed by atoms with Crippen molar-refractivity contribution < 1.29 is 14.3 Å². The molecule has 0 saturated carbocycles. The van der Waals surface area contributed by atoms with Gasteiger partial charge in [0, 0.05) is 28.8 Å². The van der Waals surface area contributed by atoms with Crippen molar-refractivity contribution >= 4 is 39.6 Å². The number of carbonyl (C=O) groups excluding carboxylic acids is 1. The molecule has 0 atom stereocenters. The van der Waals surface area contributed by atoms with Gasteiger partial charge in [-0.3, -0.25) is 0 Å². The SMILES string of the molecule is O=C1OC(c2cccc(Br)c2)=NC1=Cc1ccc(N2CCOCC2)cc1. The lowest BCUT2D eigenvalue weighted by molar-refractivity contribution is -0.129. The van der Waals surface area contributed by atoms with Gasteiger partial charge in [-0.15, -0.1) is 0 Å². The first kappa shape index (κ1) is 17.0. The Labute approximate surface area is 160 Å². The molecule has 0 aliphatic carbocycles. The van der Waals surface area contributed by atoms with Crippen LogP contribution in [0.25, 0.3) is 6.08 Å². The van der Waals surface area contributed by atoms with Gasteiger partial charge < -0.3 is 14.4 Å². The van der Waals surface area contributed by atoms with Crippen molar-refractivity contribution in [3.05, 3.63) is 69.8 Å². The molecule has 2 heterocycles. The van der Waals surface area contributed by atoms with Crippen LogP contribution in [0.15, 0.2) is 63.7 Å². The number of hydrogen-bond donors (Lipinski definition) is 0.